The van der Waals surface area contributed by atoms with Crippen molar-refractivity contribution in [3.63, 3.8) is 0 Å². The minimum absolute atomic E-state index is 0.208. The Hall–Kier alpha value is -1.50. The highest BCUT2D eigenvalue weighted by Gasteiger charge is 2.22. The summed E-state index contributed by atoms with van der Waals surface area (Å²) in [5.74, 6) is -2.61. The third-order valence-corrected chi connectivity index (χ3v) is 3.81. The molecule has 0 amide bonds. The average molecular weight is 264 g/mol. The molecule has 0 aliphatic rings. The molecule has 1 N–H and O–H groups in total. The number of hydrogen-bond acceptors (Lipinski definition) is 3. The molecular formula is C10H10F2O4S. The molecule has 0 heterocycles. The van der Waals surface area contributed by atoms with Gasteiger partial charge in [-0.3, -0.25) is 0 Å². The van der Waals surface area contributed by atoms with Gasteiger partial charge in [-0.05, 0) is 24.6 Å². The molecule has 0 aliphatic heterocycles. The van der Waals surface area contributed by atoms with Gasteiger partial charge < -0.3 is 5.11 Å². The molecule has 0 saturated carbocycles. The number of sulfone groups is 1. The monoisotopic (exact) mass is 264 g/mol. The van der Waals surface area contributed by atoms with Crippen molar-refractivity contribution in [3.8, 4) is 0 Å². The topological polar surface area (TPSA) is 71.4 Å². The van der Waals surface area contributed by atoms with Crippen LogP contribution in [-0.4, -0.2) is 31.7 Å². The maximum Gasteiger partial charge on any atom is 0.335 e. The average Bonchev–Trinajstić information content (AvgIpc) is 2.15. The van der Waals surface area contributed by atoms with Crippen LogP contribution in [0.4, 0.5) is 8.78 Å². The zero-order valence-electron chi connectivity index (χ0n) is 8.85. The van der Waals surface area contributed by atoms with E-state index in [0.29, 0.717) is 5.56 Å². The van der Waals surface area contributed by atoms with Crippen molar-refractivity contribution < 1.29 is 27.1 Å². The van der Waals surface area contributed by atoms with E-state index in [0.717, 1.165) is 12.1 Å². The van der Waals surface area contributed by atoms with E-state index in [2.05, 4.69) is 0 Å². The summed E-state index contributed by atoms with van der Waals surface area (Å²) < 4.78 is 47.0. The SMILES string of the molecule is Cc1ccc(S(=O)(=O)CC(F)F)cc1C(=O)O. The van der Waals surface area contributed by atoms with E-state index in [-0.39, 0.29) is 5.56 Å². The van der Waals surface area contributed by atoms with Crippen molar-refractivity contribution in [2.75, 3.05) is 5.75 Å². The first-order valence-corrected chi connectivity index (χ1v) is 6.24. The lowest BCUT2D eigenvalue weighted by Gasteiger charge is -2.06. The van der Waals surface area contributed by atoms with Crippen LogP contribution in [0, 0.1) is 6.92 Å². The van der Waals surface area contributed by atoms with Crippen molar-refractivity contribution >= 4 is 15.8 Å². The Bertz CT molecular complexity index is 537. The van der Waals surface area contributed by atoms with E-state index in [1.54, 1.807) is 0 Å². The molecule has 0 saturated heterocycles. The fourth-order valence-electron chi connectivity index (χ4n) is 1.29. The van der Waals surface area contributed by atoms with E-state index in [1.807, 2.05) is 0 Å². The highest BCUT2D eigenvalue weighted by molar-refractivity contribution is 7.91. The van der Waals surface area contributed by atoms with Crippen molar-refractivity contribution in [1.82, 2.24) is 0 Å². The van der Waals surface area contributed by atoms with Gasteiger partial charge in [0.1, 0.15) is 5.75 Å². The standard InChI is InChI=1S/C10H10F2O4S/c1-6-2-3-7(4-8(6)10(13)14)17(15,16)5-9(11)12/h2-4,9H,5H2,1H3,(H,13,14). The molecule has 0 fully saturated rings. The number of rotatable bonds is 4. The molecule has 0 radical (unpaired) electrons. The fraction of sp³-hybridized carbons (Fsp3) is 0.300. The van der Waals surface area contributed by atoms with Gasteiger partial charge in [-0.25, -0.2) is 22.0 Å². The summed E-state index contributed by atoms with van der Waals surface area (Å²) in [5.41, 5.74) is 0.161. The summed E-state index contributed by atoms with van der Waals surface area (Å²) in [4.78, 5) is 10.4. The summed E-state index contributed by atoms with van der Waals surface area (Å²) in [6, 6.07) is 3.30. The fourth-order valence-corrected chi connectivity index (χ4v) is 2.38. The molecule has 0 aliphatic carbocycles. The third-order valence-electron chi connectivity index (χ3n) is 2.14. The van der Waals surface area contributed by atoms with Gasteiger partial charge in [0.15, 0.2) is 9.84 Å². The molecule has 1 aromatic carbocycles. The van der Waals surface area contributed by atoms with Crippen molar-refractivity contribution in [3.05, 3.63) is 29.3 Å². The Morgan fingerprint density at radius 1 is 1.41 bits per heavy atom. The van der Waals surface area contributed by atoms with Gasteiger partial charge in [0.25, 0.3) is 6.43 Å². The third kappa shape index (κ3) is 3.23. The number of hydrogen-bond donors (Lipinski definition) is 1. The number of aromatic carboxylic acids is 1. The molecule has 7 heteroatoms. The summed E-state index contributed by atoms with van der Waals surface area (Å²) in [7, 11) is -4.15. The van der Waals surface area contributed by atoms with Gasteiger partial charge in [0.2, 0.25) is 0 Å². The van der Waals surface area contributed by atoms with Gasteiger partial charge >= 0.3 is 5.97 Å². The lowest BCUT2D eigenvalue weighted by atomic mass is 10.1. The second-order valence-electron chi connectivity index (χ2n) is 3.45. The highest BCUT2D eigenvalue weighted by atomic mass is 32.2. The Labute approximate surface area is 96.8 Å². The minimum Gasteiger partial charge on any atom is -0.478 e. The normalized spacial score (nSPS) is 11.8. The van der Waals surface area contributed by atoms with Gasteiger partial charge in [-0.1, -0.05) is 6.07 Å². The summed E-state index contributed by atoms with van der Waals surface area (Å²) in [5, 5.41) is 8.79. The number of alkyl halides is 2. The van der Waals surface area contributed by atoms with Crippen LogP contribution in [0.5, 0.6) is 0 Å². The second-order valence-corrected chi connectivity index (χ2v) is 5.49. The zero-order chi connectivity index (χ0) is 13.2. The van der Waals surface area contributed by atoms with Crippen LogP contribution >= 0.6 is 0 Å². The molecule has 1 aromatic rings. The first kappa shape index (κ1) is 13.6. The predicted molar refractivity (Wildman–Crippen MR) is 56.2 cm³/mol. The van der Waals surface area contributed by atoms with Crippen molar-refractivity contribution in [2.24, 2.45) is 0 Å². The Morgan fingerprint density at radius 3 is 2.47 bits per heavy atom. The summed E-state index contributed by atoms with van der Waals surface area (Å²) in [6.45, 7) is 1.49. The molecular weight excluding hydrogens is 254 g/mol. The molecule has 0 spiro atoms. The largest absolute Gasteiger partial charge is 0.478 e. The molecule has 1 rings (SSSR count). The van der Waals surface area contributed by atoms with Crippen molar-refractivity contribution in [2.45, 2.75) is 18.2 Å². The number of carboxylic acids is 1. The van der Waals surface area contributed by atoms with Crippen LogP contribution in [0.15, 0.2) is 23.1 Å². The number of halogens is 2. The quantitative estimate of drug-likeness (QED) is 0.899. The maximum atomic E-state index is 12.1. The Morgan fingerprint density at radius 2 is 2.00 bits per heavy atom. The molecule has 0 bridgehead atoms. The summed E-state index contributed by atoms with van der Waals surface area (Å²) in [6.07, 6.45) is -2.99. The predicted octanol–water partition coefficient (Wildman–Crippen LogP) is 1.73. The smallest absolute Gasteiger partial charge is 0.335 e. The molecule has 0 atom stereocenters. The van der Waals surface area contributed by atoms with E-state index < -0.39 is 32.9 Å². The number of aryl methyl sites for hydroxylation is 1. The van der Waals surface area contributed by atoms with E-state index in [1.165, 1.54) is 13.0 Å². The first-order chi connectivity index (χ1) is 7.74. The minimum atomic E-state index is -4.15. The lowest BCUT2D eigenvalue weighted by molar-refractivity contribution is 0.0696. The Kier molecular flexibility index (Phi) is 3.82. The lowest BCUT2D eigenvalue weighted by Crippen LogP contribution is -2.14. The molecule has 17 heavy (non-hydrogen) atoms. The molecule has 4 nitrogen and oxygen atoms in total. The summed E-state index contributed by atoms with van der Waals surface area (Å²) >= 11 is 0. The van der Waals surface area contributed by atoms with Crippen LogP contribution in [0.2, 0.25) is 0 Å². The van der Waals surface area contributed by atoms with Crippen LogP contribution < -0.4 is 0 Å². The highest BCUT2D eigenvalue weighted by Crippen LogP contribution is 2.18. The molecule has 94 valence electrons. The van der Waals surface area contributed by atoms with Gasteiger partial charge in [0.05, 0.1) is 10.5 Å². The van der Waals surface area contributed by atoms with E-state index >= 15 is 0 Å². The van der Waals surface area contributed by atoms with Gasteiger partial charge in [-0.15, -0.1) is 0 Å². The second kappa shape index (κ2) is 4.79. The van der Waals surface area contributed by atoms with Gasteiger partial charge in [-0.2, -0.15) is 0 Å². The van der Waals surface area contributed by atoms with E-state index in [9.17, 15) is 22.0 Å². The Balaban J connectivity index is 3.25. The van der Waals surface area contributed by atoms with Crippen molar-refractivity contribution in [1.29, 1.82) is 0 Å². The van der Waals surface area contributed by atoms with Crippen LogP contribution in [0.1, 0.15) is 15.9 Å². The molecule has 0 unspecified atom stereocenters. The maximum absolute atomic E-state index is 12.1. The zero-order valence-corrected chi connectivity index (χ0v) is 9.67. The molecule has 0 aromatic heterocycles. The number of carbonyl (C=O) groups is 1. The van der Waals surface area contributed by atoms with Crippen LogP contribution in [0.3, 0.4) is 0 Å². The number of carboxylic acid groups (broad SMARTS) is 1. The first-order valence-electron chi connectivity index (χ1n) is 4.59. The van der Waals surface area contributed by atoms with Crippen LogP contribution in [0.25, 0.3) is 0 Å². The van der Waals surface area contributed by atoms with E-state index in [4.69, 9.17) is 5.11 Å². The van der Waals surface area contributed by atoms with Crippen LogP contribution in [-0.2, 0) is 9.84 Å². The number of benzene rings is 1. The van der Waals surface area contributed by atoms with Gasteiger partial charge in [0, 0.05) is 0 Å².